The number of rotatable bonds is 10. The normalized spacial score (nSPS) is 15.2. The van der Waals surface area contributed by atoms with Crippen LogP contribution in [0.15, 0.2) is 0 Å². The summed E-state index contributed by atoms with van der Waals surface area (Å²) < 4.78 is 10.1. The van der Waals surface area contributed by atoms with Crippen LogP contribution in [0.1, 0.15) is 33.1 Å². The number of esters is 1. The molecule has 0 spiro atoms. The highest BCUT2D eigenvalue weighted by atomic mass is 16.6. The van der Waals surface area contributed by atoms with Gasteiger partial charge in [-0.05, 0) is 38.6 Å². The molecule has 1 saturated carbocycles. The van der Waals surface area contributed by atoms with Gasteiger partial charge in [-0.3, -0.25) is 0 Å². The highest BCUT2D eigenvalue weighted by molar-refractivity contribution is 5.70. The lowest BCUT2D eigenvalue weighted by Gasteiger charge is -2.21. The summed E-state index contributed by atoms with van der Waals surface area (Å²) in [5.74, 6) is 0.642. The number of ether oxygens (including phenoxy) is 2. The molecule has 0 amide bonds. The SMILES string of the molecule is CCCN(CCOCC(=O)OCC)CC1CC1. The molecule has 0 aliphatic heterocycles. The van der Waals surface area contributed by atoms with Crippen molar-refractivity contribution in [1.82, 2.24) is 4.90 Å². The Bertz CT molecular complexity index is 217. The molecule has 4 nitrogen and oxygen atoms in total. The lowest BCUT2D eigenvalue weighted by Crippen LogP contribution is -2.31. The second kappa shape index (κ2) is 8.48. The number of hydrogen-bond acceptors (Lipinski definition) is 4. The molecule has 0 unspecified atom stereocenters. The third-order valence-corrected chi connectivity index (χ3v) is 2.83. The predicted molar refractivity (Wildman–Crippen MR) is 66.9 cm³/mol. The van der Waals surface area contributed by atoms with Crippen molar-refractivity contribution in [3.8, 4) is 0 Å². The van der Waals surface area contributed by atoms with E-state index in [2.05, 4.69) is 11.8 Å². The molecule has 0 bridgehead atoms. The average molecular weight is 243 g/mol. The molecule has 17 heavy (non-hydrogen) atoms. The first kappa shape index (κ1) is 14.5. The van der Waals surface area contributed by atoms with Gasteiger partial charge in [-0.1, -0.05) is 6.92 Å². The third kappa shape index (κ3) is 7.34. The van der Waals surface area contributed by atoms with Gasteiger partial charge in [0, 0.05) is 13.1 Å². The Hall–Kier alpha value is -0.610. The first-order chi connectivity index (χ1) is 8.26. The average Bonchev–Trinajstić information content (AvgIpc) is 3.09. The van der Waals surface area contributed by atoms with Crippen molar-refractivity contribution in [3.63, 3.8) is 0 Å². The van der Waals surface area contributed by atoms with Crippen LogP contribution in [0.2, 0.25) is 0 Å². The number of carbonyl (C=O) groups excluding carboxylic acids is 1. The molecule has 1 aliphatic rings. The van der Waals surface area contributed by atoms with Crippen LogP contribution in [0.25, 0.3) is 0 Å². The van der Waals surface area contributed by atoms with E-state index < -0.39 is 0 Å². The molecule has 1 aliphatic carbocycles. The van der Waals surface area contributed by atoms with Gasteiger partial charge in [-0.25, -0.2) is 4.79 Å². The van der Waals surface area contributed by atoms with Crippen LogP contribution in [0.5, 0.6) is 0 Å². The molecule has 1 fully saturated rings. The van der Waals surface area contributed by atoms with Crippen LogP contribution in [-0.2, 0) is 14.3 Å². The summed E-state index contributed by atoms with van der Waals surface area (Å²) in [5.41, 5.74) is 0. The van der Waals surface area contributed by atoms with Crippen molar-refractivity contribution in [1.29, 1.82) is 0 Å². The lowest BCUT2D eigenvalue weighted by molar-refractivity contribution is -0.148. The second-order valence-corrected chi connectivity index (χ2v) is 4.60. The van der Waals surface area contributed by atoms with Crippen molar-refractivity contribution in [2.75, 3.05) is 39.5 Å². The maximum absolute atomic E-state index is 11.0. The highest BCUT2D eigenvalue weighted by Crippen LogP contribution is 2.29. The molecule has 100 valence electrons. The molecule has 0 radical (unpaired) electrons. The zero-order chi connectivity index (χ0) is 12.5. The van der Waals surface area contributed by atoms with Gasteiger partial charge in [-0.2, -0.15) is 0 Å². The molecule has 0 aromatic carbocycles. The molecular weight excluding hydrogens is 218 g/mol. The fraction of sp³-hybridized carbons (Fsp3) is 0.923. The summed E-state index contributed by atoms with van der Waals surface area (Å²) in [6.07, 6.45) is 3.93. The van der Waals surface area contributed by atoms with Crippen molar-refractivity contribution < 1.29 is 14.3 Å². The summed E-state index contributed by atoms with van der Waals surface area (Å²) in [6, 6.07) is 0. The van der Waals surface area contributed by atoms with Gasteiger partial charge in [-0.15, -0.1) is 0 Å². The zero-order valence-electron chi connectivity index (χ0n) is 11.1. The fourth-order valence-electron chi connectivity index (χ4n) is 1.83. The van der Waals surface area contributed by atoms with E-state index in [9.17, 15) is 4.79 Å². The smallest absolute Gasteiger partial charge is 0.332 e. The molecule has 0 saturated heterocycles. The van der Waals surface area contributed by atoms with E-state index >= 15 is 0 Å². The Morgan fingerprint density at radius 1 is 1.29 bits per heavy atom. The minimum Gasteiger partial charge on any atom is -0.464 e. The van der Waals surface area contributed by atoms with Gasteiger partial charge in [0.25, 0.3) is 0 Å². The van der Waals surface area contributed by atoms with E-state index in [1.165, 1.54) is 25.8 Å². The van der Waals surface area contributed by atoms with Crippen molar-refractivity contribution in [2.24, 2.45) is 5.92 Å². The molecule has 0 atom stereocenters. The summed E-state index contributed by atoms with van der Waals surface area (Å²) in [5, 5.41) is 0. The second-order valence-electron chi connectivity index (χ2n) is 4.60. The Balaban J connectivity index is 2.02. The molecule has 0 aromatic rings. The van der Waals surface area contributed by atoms with Crippen LogP contribution in [0.4, 0.5) is 0 Å². The molecular formula is C13H25NO3. The summed E-state index contributed by atoms with van der Waals surface area (Å²) in [4.78, 5) is 13.5. The standard InChI is InChI=1S/C13H25NO3/c1-3-7-14(10-12-5-6-12)8-9-16-11-13(15)17-4-2/h12H,3-11H2,1-2H3. The van der Waals surface area contributed by atoms with E-state index in [1.807, 2.05) is 0 Å². The summed E-state index contributed by atoms with van der Waals surface area (Å²) in [7, 11) is 0. The first-order valence-electron chi connectivity index (χ1n) is 6.72. The van der Waals surface area contributed by atoms with E-state index in [-0.39, 0.29) is 12.6 Å². The Kier molecular flexibility index (Phi) is 7.21. The van der Waals surface area contributed by atoms with Crippen LogP contribution in [0, 0.1) is 5.92 Å². The Morgan fingerprint density at radius 2 is 2.06 bits per heavy atom. The van der Waals surface area contributed by atoms with E-state index in [1.54, 1.807) is 6.92 Å². The molecule has 4 heteroatoms. The molecule has 0 N–H and O–H groups in total. The summed E-state index contributed by atoms with van der Waals surface area (Å²) >= 11 is 0. The minimum absolute atomic E-state index is 0.0806. The molecule has 0 aromatic heterocycles. The van der Waals surface area contributed by atoms with Gasteiger partial charge in [0.05, 0.1) is 13.2 Å². The topological polar surface area (TPSA) is 38.8 Å². The van der Waals surface area contributed by atoms with Crippen molar-refractivity contribution >= 4 is 5.97 Å². The highest BCUT2D eigenvalue weighted by Gasteiger charge is 2.23. The lowest BCUT2D eigenvalue weighted by atomic mass is 10.3. The van der Waals surface area contributed by atoms with Gasteiger partial charge in [0.2, 0.25) is 0 Å². The van der Waals surface area contributed by atoms with Gasteiger partial charge in [0.1, 0.15) is 6.61 Å². The summed E-state index contributed by atoms with van der Waals surface area (Å²) in [6.45, 7) is 8.35. The van der Waals surface area contributed by atoms with Gasteiger partial charge >= 0.3 is 5.97 Å². The minimum atomic E-state index is -0.267. The van der Waals surface area contributed by atoms with Crippen LogP contribution >= 0.6 is 0 Å². The van der Waals surface area contributed by atoms with E-state index in [0.29, 0.717) is 13.2 Å². The van der Waals surface area contributed by atoms with Gasteiger partial charge in [0.15, 0.2) is 0 Å². The van der Waals surface area contributed by atoms with E-state index in [4.69, 9.17) is 9.47 Å². The number of nitrogens with zero attached hydrogens (tertiary/aromatic N) is 1. The zero-order valence-corrected chi connectivity index (χ0v) is 11.1. The number of carbonyl (C=O) groups is 1. The van der Waals surface area contributed by atoms with Crippen molar-refractivity contribution in [2.45, 2.75) is 33.1 Å². The monoisotopic (exact) mass is 243 g/mol. The van der Waals surface area contributed by atoms with Crippen LogP contribution in [-0.4, -0.2) is 50.3 Å². The fourth-order valence-corrected chi connectivity index (χ4v) is 1.83. The molecule has 1 rings (SSSR count). The largest absolute Gasteiger partial charge is 0.464 e. The maximum Gasteiger partial charge on any atom is 0.332 e. The molecule has 0 heterocycles. The van der Waals surface area contributed by atoms with Crippen molar-refractivity contribution in [3.05, 3.63) is 0 Å². The van der Waals surface area contributed by atoms with Gasteiger partial charge < -0.3 is 14.4 Å². The maximum atomic E-state index is 11.0. The Morgan fingerprint density at radius 3 is 2.65 bits per heavy atom. The first-order valence-corrected chi connectivity index (χ1v) is 6.72. The Labute approximate surface area is 104 Å². The van der Waals surface area contributed by atoms with Crippen LogP contribution < -0.4 is 0 Å². The van der Waals surface area contributed by atoms with E-state index in [0.717, 1.165) is 19.0 Å². The number of hydrogen-bond donors (Lipinski definition) is 0. The third-order valence-electron chi connectivity index (χ3n) is 2.83. The van der Waals surface area contributed by atoms with Crippen LogP contribution in [0.3, 0.4) is 0 Å². The predicted octanol–water partition coefficient (Wildman–Crippen LogP) is 1.69. The quantitative estimate of drug-likeness (QED) is 0.432.